The molecule has 0 radical (unpaired) electrons. The molecule has 0 saturated heterocycles. The molecule has 3 atom stereocenters. The van der Waals surface area contributed by atoms with Gasteiger partial charge in [0.1, 0.15) is 18.0 Å². The molecule has 2 N–H and O–H groups in total. The Hall–Kier alpha value is -1.07. The summed E-state index contributed by atoms with van der Waals surface area (Å²) in [5.41, 5.74) is 0. The average molecular weight is 258 g/mol. The maximum atomic E-state index is 11.3. The van der Waals surface area contributed by atoms with E-state index in [1.165, 1.54) is 13.2 Å². The van der Waals surface area contributed by atoms with Gasteiger partial charge >= 0.3 is 5.97 Å². The molecule has 0 spiro atoms. The molecule has 1 aliphatic rings. The van der Waals surface area contributed by atoms with E-state index in [0.29, 0.717) is 18.6 Å². The van der Waals surface area contributed by atoms with Crippen molar-refractivity contribution in [1.29, 1.82) is 0 Å². The van der Waals surface area contributed by atoms with Gasteiger partial charge in [-0.1, -0.05) is 26.2 Å². The summed E-state index contributed by atoms with van der Waals surface area (Å²) >= 11 is 0. The third-order valence-corrected chi connectivity index (χ3v) is 3.09. The highest BCUT2D eigenvalue weighted by atomic mass is 16.6. The summed E-state index contributed by atoms with van der Waals surface area (Å²) in [6.07, 6.45) is 2.32. The van der Waals surface area contributed by atoms with Crippen LogP contribution in [0.15, 0.2) is 11.8 Å². The molecule has 0 amide bonds. The number of carbonyl (C=O) groups excluding carboxylic acids is 1. The lowest BCUT2D eigenvalue weighted by molar-refractivity contribution is -0.157. The number of cyclic esters (lactones) is 1. The summed E-state index contributed by atoms with van der Waals surface area (Å²) in [4.78, 5) is 11.3. The lowest BCUT2D eigenvalue weighted by Crippen LogP contribution is -2.42. The quantitative estimate of drug-likeness (QED) is 0.529. The topological polar surface area (TPSA) is 76.0 Å². The maximum absolute atomic E-state index is 11.3. The number of unbranched alkanes of at least 4 members (excludes halogenated alkanes) is 2. The Kier molecular flexibility index (Phi) is 6.15. The second kappa shape index (κ2) is 7.38. The minimum absolute atomic E-state index is 0.300. The van der Waals surface area contributed by atoms with Gasteiger partial charge in [0.25, 0.3) is 0 Å². The van der Waals surface area contributed by atoms with E-state index in [9.17, 15) is 15.0 Å². The minimum Gasteiger partial charge on any atom is -0.501 e. The largest absolute Gasteiger partial charge is 0.501 e. The molecule has 0 aliphatic carbocycles. The Morgan fingerprint density at radius 2 is 2.22 bits per heavy atom. The van der Waals surface area contributed by atoms with E-state index < -0.39 is 24.3 Å². The number of methoxy groups -OCH3 is 1. The Morgan fingerprint density at radius 3 is 2.83 bits per heavy atom. The normalized spacial score (nSPS) is 23.0. The van der Waals surface area contributed by atoms with Gasteiger partial charge < -0.3 is 19.7 Å². The fourth-order valence-electron chi connectivity index (χ4n) is 1.97. The predicted molar refractivity (Wildman–Crippen MR) is 65.7 cm³/mol. The Balaban J connectivity index is 2.48. The van der Waals surface area contributed by atoms with E-state index in [0.717, 1.165) is 19.3 Å². The summed E-state index contributed by atoms with van der Waals surface area (Å²) in [6, 6.07) is 0. The first-order chi connectivity index (χ1) is 8.58. The van der Waals surface area contributed by atoms with Crippen LogP contribution in [0.5, 0.6) is 0 Å². The Labute approximate surface area is 107 Å². The maximum Gasteiger partial charge on any atom is 0.334 e. The summed E-state index contributed by atoms with van der Waals surface area (Å²) < 4.78 is 9.99. The van der Waals surface area contributed by atoms with Crippen molar-refractivity contribution in [3.63, 3.8) is 0 Å². The van der Waals surface area contributed by atoms with Crippen molar-refractivity contribution in [2.75, 3.05) is 7.11 Å². The number of hydrogen-bond acceptors (Lipinski definition) is 5. The average Bonchev–Trinajstić information content (AvgIpc) is 2.37. The van der Waals surface area contributed by atoms with Gasteiger partial charge in [-0.25, -0.2) is 4.79 Å². The van der Waals surface area contributed by atoms with Crippen LogP contribution in [-0.2, 0) is 14.3 Å². The molecule has 3 unspecified atom stereocenters. The van der Waals surface area contributed by atoms with E-state index in [1.807, 2.05) is 0 Å². The fourth-order valence-corrected chi connectivity index (χ4v) is 1.97. The number of hydrogen-bond donors (Lipinski definition) is 2. The van der Waals surface area contributed by atoms with Crippen LogP contribution in [0.25, 0.3) is 0 Å². The third-order valence-electron chi connectivity index (χ3n) is 3.09. The van der Waals surface area contributed by atoms with Gasteiger partial charge in [0.05, 0.1) is 19.3 Å². The first-order valence-electron chi connectivity index (χ1n) is 6.39. The minimum atomic E-state index is -1.07. The van der Waals surface area contributed by atoms with E-state index in [2.05, 4.69) is 6.92 Å². The lowest BCUT2D eigenvalue weighted by atomic mass is 9.98. The van der Waals surface area contributed by atoms with Crippen LogP contribution < -0.4 is 0 Å². The first-order valence-corrected chi connectivity index (χ1v) is 6.39. The summed E-state index contributed by atoms with van der Waals surface area (Å²) in [5, 5.41) is 19.8. The van der Waals surface area contributed by atoms with E-state index >= 15 is 0 Å². The smallest absolute Gasteiger partial charge is 0.334 e. The second-order valence-corrected chi connectivity index (χ2v) is 4.55. The number of rotatable bonds is 7. The van der Waals surface area contributed by atoms with Gasteiger partial charge in [0, 0.05) is 6.42 Å². The van der Waals surface area contributed by atoms with Gasteiger partial charge in [-0.15, -0.1) is 0 Å². The number of aliphatic hydroxyl groups is 2. The molecule has 1 rings (SSSR count). The van der Waals surface area contributed by atoms with E-state index in [1.54, 1.807) is 0 Å². The molecule has 0 fully saturated rings. The summed E-state index contributed by atoms with van der Waals surface area (Å²) in [7, 11) is 1.46. The molecule has 5 heteroatoms. The van der Waals surface area contributed by atoms with Crippen molar-refractivity contribution in [3.05, 3.63) is 11.8 Å². The van der Waals surface area contributed by atoms with Crippen molar-refractivity contribution in [1.82, 2.24) is 0 Å². The molecule has 1 aliphatic heterocycles. The van der Waals surface area contributed by atoms with Crippen molar-refractivity contribution in [3.8, 4) is 0 Å². The molecule has 0 aromatic carbocycles. The van der Waals surface area contributed by atoms with Gasteiger partial charge in [-0.3, -0.25) is 0 Å². The van der Waals surface area contributed by atoms with Crippen molar-refractivity contribution < 1.29 is 24.5 Å². The van der Waals surface area contributed by atoms with Crippen LogP contribution in [0, 0.1) is 0 Å². The zero-order valence-electron chi connectivity index (χ0n) is 11.0. The van der Waals surface area contributed by atoms with Gasteiger partial charge in [0.2, 0.25) is 0 Å². The highest BCUT2D eigenvalue weighted by Gasteiger charge is 2.32. The molecule has 0 aromatic rings. The third kappa shape index (κ3) is 4.31. The number of ether oxygens (including phenoxy) is 2. The Bertz CT molecular complexity index is 300. The zero-order valence-corrected chi connectivity index (χ0v) is 11.0. The van der Waals surface area contributed by atoms with E-state index in [4.69, 9.17) is 9.47 Å². The SMILES string of the molecule is CCCCCC(O)C(O)C1CC(OC)=CC(=O)O1. The molecular formula is C13H22O5. The fraction of sp³-hybridized carbons (Fsp3) is 0.769. The van der Waals surface area contributed by atoms with Crippen LogP contribution in [0.1, 0.15) is 39.0 Å². The zero-order chi connectivity index (χ0) is 13.5. The van der Waals surface area contributed by atoms with Crippen LogP contribution in [0.3, 0.4) is 0 Å². The van der Waals surface area contributed by atoms with Crippen LogP contribution in [0.2, 0.25) is 0 Å². The molecule has 0 bridgehead atoms. The second-order valence-electron chi connectivity index (χ2n) is 4.55. The van der Waals surface area contributed by atoms with Gasteiger partial charge in [-0.05, 0) is 6.42 Å². The van der Waals surface area contributed by atoms with Crippen molar-refractivity contribution >= 4 is 5.97 Å². The predicted octanol–water partition coefficient (Wildman–Crippen LogP) is 1.13. The molecular weight excluding hydrogens is 236 g/mol. The van der Waals surface area contributed by atoms with Crippen LogP contribution >= 0.6 is 0 Å². The molecule has 0 aromatic heterocycles. The number of carbonyl (C=O) groups is 1. The molecule has 0 saturated carbocycles. The van der Waals surface area contributed by atoms with Crippen LogP contribution in [0.4, 0.5) is 0 Å². The first kappa shape index (κ1) is 15.0. The number of esters is 1. The lowest BCUT2D eigenvalue weighted by Gasteiger charge is -2.29. The Morgan fingerprint density at radius 1 is 1.50 bits per heavy atom. The number of aliphatic hydroxyl groups excluding tert-OH is 2. The van der Waals surface area contributed by atoms with E-state index in [-0.39, 0.29) is 0 Å². The molecule has 5 nitrogen and oxygen atoms in total. The highest BCUT2D eigenvalue weighted by molar-refractivity contribution is 5.83. The van der Waals surface area contributed by atoms with Gasteiger partial charge in [-0.2, -0.15) is 0 Å². The molecule has 18 heavy (non-hydrogen) atoms. The van der Waals surface area contributed by atoms with Gasteiger partial charge in [0.15, 0.2) is 0 Å². The molecule has 104 valence electrons. The van der Waals surface area contributed by atoms with Crippen LogP contribution in [-0.4, -0.2) is 41.6 Å². The monoisotopic (exact) mass is 258 g/mol. The van der Waals surface area contributed by atoms with Crippen molar-refractivity contribution in [2.24, 2.45) is 0 Å². The highest BCUT2D eigenvalue weighted by Crippen LogP contribution is 2.22. The molecule has 1 heterocycles. The summed E-state index contributed by atoms with van der Waals surface area (Å²) in [5.74, 6) is -0.0704. The van der Waals surface area contributed by atoms with Crippen molar-refractivity contribution in [2.45, 2.75) is 57.3 Å². The summed E-state index contributed by atoms with van der Waals surface area (Å²) in [6.45, 7) is 2.07. The standard InChI is InChI=1S/C13H22O5/c1-3-4-5-6-10(14)13(16)11-7-9(17-2)8-12(15)18-11/h8,10-11,13-14,16H,3-7H2,1-2H3.